The van der Waals surface area contributed by atoms with E-state index in [4.69, 9.17) is 4.74 Å². The van der Waals surface area contributed by atoms with E-state index in [1.807, 2.05) is 25.1 Å². The number of benzene rings is 2. The van der Waals surface area contributed by atoms with Gasteiger partial charge in [-0.3, -0.25) is 4.79 Å². The highest BCUT2D eigenvalue weighted by molar-refractivity contribution is 7.89. The summed E-state index contributed by atoms with van der Waals surface area (Å²) in [5.41, 5.74) is 0.362. The third-order valence-electron chi connectivity index (χ3n) is 4.97. The minimum atomic E-state index is -3.64. The van der Waals surface area contributed by atoms with Crippen LogP contribution in [0.2, 0.25) is 0 Å². The molecule has 6 nitrogen and oxygen atoms in total. The number of rotatable bonds is 8. The number of nitrogens with zero attached hydrogens (tertiary/aromatic N) is 1. The van der Waals surface area contributed by atoms with Gasteiger partial charge in [0.15, 0.2) is 5.75 Å². The van der Waals surface area contributed by atoms with Crippen molar-refractivity contribution in [1.29, 1.82) is 0 Å². The van der Waals surface area contributed by atoms with E-state index in [1.165, 1.54) is 16.4 Å². The first-order valence-corrected chi connectivity index (χ1v) is 11.0. The molecule has 1 fully saturated rings. The number of carbonyl (C=O) groups is 1. The summed E-state index contributed by atoms with van der Waals surface area (Å²) in [6.45, 7) is 6.37. The first kappa shape index (κ1) is 20.4. The maximum Gasteiger partial charge on any atom is 0.243 e. The van der Waals surface area contributed by atoms with Gasteiger partial charge in [0.05, 0.1) is 10.6 Å². The summed E-state index contributed by atoms with van der Waals surface area (Å²) < 4.78 is 33.0. The number of carbonyl (C=O) groups excluding carboxylic acids is 1. The lowest BCUT2D eigenvalue weighted by Gasteiger charge is -2.20. The summed E-state index contributed by atoms with van der Waals surface area (Å²) in [6.07, 6.45) is 0.845. The van der Waals surface area contributed by atoms with E-state index in [0.717, 1.165) is 6.42 Å². The van der Waals surface area contributed by atoms with Crippen LogP contribution in [0, 0.1) is 11.8 Å². The van der Waals surface area contributed by atoms with E-state index in [2.05, 4.69) is 5.32 Å². The van der Waals surface area contributed by atoms with Gasteiger partial charge in [-0.2, -0.15) is 4.31 Å². The smallest absolute Gasteiger partial charge is 0.243 e. The fourth-order valence-electron chi connectivity index (χ4n) is 3.10. The summed E-state index contributed by atoms with van der Waals surface area (Å²) in [7, 11) is -3.64. The molecule has 0 saturated heterocycles. The molecule has 0 heterocycles. The van der Waals surface area contributed by atoms with Crippen LogP contribution >= 0.6 is 0 Å². The molecule has 3 rings (SSSR count). The van der Waals surface area contributed by atoms with Crippen LogP contribution in [0.1, 0.15) is 27.2 Å². The van der Waals surface area contributed by atoms with Crippen molar-refractivity contribution in [3.05, 3.63) is 48.5 Å². The highest BCUT2D eigenvalue weighted by Gasteiger charge is 2.39. The van der Waals surface area contributed by atoms with Crippen LogP contribution in [0.15, 0.2) is 53.4 Å². The molecule has 7 heteroatoms. The third-order valence-corrected chi connectivity index (χ3v) is 7.02. The van der Waals surface area contributed by atoms with Crippen molar-refractivity contribution < 1.29 is 17.9 Å². The number of hydrogen-bond donors (Lipinski definition) is 1. The van der Waals surface area contributed by atoms with Crippen LogP contribution in [-0.4, -0.2) is 31.7 Å². The second-order valence-electron chi connectivity index (χ2n) is 6.97. The summed E-state index contributed by atoms with van der Waals surface area (Å²) in [5, 5.41) is 2.86. The second-order valence-corrected chi connectivity index (χ2v) is 8.91. The standard InChI is InChI=1S/C21H26N2O4S/c1-4-23(5-2)28(25,26)17-11-12-20(27-16-9-7-6-8-10-16)19(14-17)22-21(24)18-13-15(18)3/h6-12,14-15,18H,4-5,13H2,1-3H3,(H,22,24)/t15-,18+/m0/s1. The minimum Gasteiger partial charge on any atom is -0.455 e. The summed E-state index contributed by atoms with van der Waals surface area (Å²) in [5.74, 6) is 1.22. The Labute approximate surface area is 166 Å². The van der Waals surface area contributed by atoms with Gasteiger partial charge < -0.3 is 10.1 Å². The molecule has 0 aliphatic heterocycles. The number of para-hydroxylation sites is 1. The van der Waals surface area contributed by atoms with Crippen molar-refractivity contribution in [2.45, 2.75) is 32.1 Å². The monoisotopic (exact) mass is 402 g/mol. The molecule has 0 unspecified atom stereocenters. The zero-order valence-corrected chi connectivity index (χ0v) is 17.2. The molecule has 1 aliphatic carbocycles. The van der Waals surface area contributed by atoms with Crippen LogP contribution in [0.4, 0.5) is 5.69 Å². The molecule has 0 aromatic heterocycles. The molecule has 2 atom stereocenters. The fourth-order valence-corrected chi connectivity index (χ4v) is 4.58. The van der Waals surface area contributed by atoms with Crippen LogP contribution < -0.4 is 10.1 Å². The van der Waals surface area contributed by atoms with E-state index in [9.17, 15) is 13.2 Å². The van der Waals surface area contributed by atoms with Gasteiger partial charge in [0.1, 0.15) is 5.75 Å². The van der Waals surface area contributed by atoms with Gasteiger partial charge in [0, 0.05) is 19.0 Å². The Balaban J connectivity index is 1.96. The van der Waals surface area contributed by atoms with Crippen LogP contribution in [0.5, 0.6) is 11.5 Å². The average Bonchev–Trinajstić information content (AvgIpc) is 3.41. The van der Waals surface area contributed by atoms with Crippen molar-refractivity contribution in [2.24, 2.45) is 11.8 Å². The molecular weight excluding hydrogens is 376 g/mol. The van der Waals surface area contributed by atoms with Crippen molar-refractivity contribution in [3.8, 4) is 11.5 Å². The zero-order valence-electron chi connectivity index (χ0n) is 16.4. The van der Waals surface area contributed by atoms with E-state index in [1.54, 1.807) is 32.0 Å². The first-order valence-electron chi connectivity index (χ1n) is 9.54. The SMILES string of the molecule is CCN(CC)S(=O)(=O)c1ccc(Oc2ccccc2)c(NC(=O)[C@@H]2C[C@@H]2C)c1. The number of sulfonamides is 1. The van der Waals surface area contributed by atoms with E-state index < -0.39 is 10.0 Å². The quantitative estimate of drug-likeness (QED) is 0.721. The van der Waals surface area contributed by atoms with Gasteiger partial charge >= 0.3 is 0 Å². The number of ether oxygens (including phenoxy) is 1. The average molecular weight is 403 g/mol. The molecule has 0 bridgehead atoms. The molecule has 0 spiro atoms. The molecule has 1 saturated carbocycles. The maximum atomic E-state index is 12.9. The van der Waals surface area contributed by atoms with Gasteiger partial charge in [0.25, 0.3) is 0 Å². The van der Waals surface area contributed by atoms with E-state index >= 15 is 0 Å². The molecule has 28 heavy (non-hydrogen) atoms. The van der Waals surface area contributed by atoms with Crippen molar-refractivity contribution in [2.75, 3.05) is 18.4 Å². The van der Waals surface area contributed by atoms with Crippen molar-refractivity contribution in [3.63, 3.8) is 0 Å². The number of hydrogen-bond acceptors (Lipinski definition) is 4. The van der Waals surface area contributed by atoms with E-state index in [0.29, 0.717) is 36.2 Å². The highest BCUT2D eigenvalue weighted by Crippen LogP contribution is 2.40. The van der Waals surface area contributed by atoms with E-state index in [-0.39, 0.29) is 16.7 Å². The summed E-state index contributed by atoms with van der Waals surface area (Å²) in [4.78, 5) is 12.6. The molecule has 150 valence electrons. The Morgan fingerprint density at radius 2 is 1.79 bits per heavy atom. The maximum absolute atomic E-state index is 12.9. The van der Waals surface area contributed by atoms with Crippen molar-refractivity contribution in [1.82, 2.24) is 4.31 Å². The molecular formula is C21H26N2O4S. The summed E-state index contributed by atoms with van der Waals surface area (Å²) in [6, 6.07) is 13.8. The van der Waals surface area contributed by atoms with Crippen LogP contribution in [0.25, 0.3) is 0 Å². The van der Waals surface area contributed by atoms with Gasteiger partial charge in [0.2, 0.25) is 15.9 Å². The third kappa shape index (κ3) is 4.36. The minimum absolute atomic E-state index is 0.0346. The zero-order chi connectivity index (χ0) is 20.3. The molecule has 2 aromatic rings. The number of amides is 1. The largest absolute Gasteiger partial charge is 0.455 e. The van der Waals surface area contributed by atoms with Gasteiger partial charge in [-0.15, -0.1) is 0 Å². The second kappa shape index (κ2) is 8.32. The number of anilines is 1. The Kier molecular flexibility index (Phi) is 6.05. The predicted molar refractivity (Wildman–Crippen MR) is 109 cm³/mol. The Hall–Kier alpha value is -2.38. The highest BCUT2D eigenvalue weighted by atomic mass is 32.2. The molecule has 0 radical (unpaired) electrons. The molecule has 1 amide bonds. The Morgan fingerprint density at radius 1 is 1.14 bits per heavy atom. The molecule has 1 N–H and O–H groups in total. The normalized spacial score (nSPS) is 18.7. The molecule has 1 aliphatic rings. The first-order chi connectivity index (χ1) is 13.4. The van der Waals surface area contributed by atoms with Gasteiger partial charge in [-0.25, -0.2) is 8.42 Å². The molecule has 2 aromatic carbocycles. The summed E-state index contributed by atoms with van der Waals surface area (Å²) >= 11 is 0. The topological polar surface area (TPSA) is 75.7 Å². The van der Waals surface area contributed by atoms with Crippen LogP contribution in [0.3, 0.4) is 0 Å². The van der Waals surface area contributed by atoms with Gasteiger partial charge in [-0.05, 0) is 42.7 Å². The van der Waals surface area contributed by atoms with Crippen molar-refractivity contribution >= 4 is 21.6 Å². The fraction of sp³-hybridized carbons (Fsp3) is 0.381. The van der Waals surface area contributed by atoms with Crippen LogP contribution in [-0.2, 0) is 14.8 Å². The predicted octanol–water partition coefficient (Wildman–Crippen LogP) is 4.10. The lowest BCUT2D eigenvalue weighted by atomic mass is 10.2. The lowest BCUT2D eigenvalue weighted by Crippen LogP contribution is -2.30. The number of nitrogens with one attached hydrogen (secondary N) is 1. The Morgan fingerprint density at radius 3 is 2.36 bits per heavy atom. The van der Waals surface area contributed by atoms with Gasteiger partial charge in [-0.1, -0.05) is 39.0 Å². The lowest BCUT2D eigenvalue weighted by molar-refractivity contribution is -0.117. The Bertz CT molecular complexity index is 940.